The predicted molar refractivity (Wildman–Crippen MR) is 107 cm³/mol. The van der Waals surface area contributed by atoms with Crippen molar-refractivity contribution in [3.05, 3.63) is 41.6 Å². The number of benzene rings is 1. The molecule has 1 spiro atoms. The molecule has 3 aliphatic rings. The van der Waals surface area contributed by atoms with Crippen LogP contribution in [0.5, 0.6) is 17.4 Å². The quantitative estimate of drug-likeness (QED) is 0.799. The molecule has 2 aromatic rings. The van der Waals surface area contributed by atoms with Gasteiger partial charge in [0, 0.05) is 17.0 Å². The van der Waals surface area contributed by atoms with Gasteiger partial charge in [0.2, 0.25) is 5.88 Å². The zero-order valence-corrected chi connectivity index (χ0v) is 16.7. The van der Waals surface area contributed by atoms with Gasteiger partial charge in [0.25, 0.3) is 5.91 Å². The summed E-state index contributed by atoms with van der Waals surface area (Å²) in [5.74, 6) is 1.82. The number of fused-ring (bicyclic) bond motifs is 2. The molecule has 0 radical (unpaired) electrons. The molecule has 1 aromatic carbocycles. The number of hydrogen-bond donors (Lipinski definition) is 1. The van der Waals surface area contributed by atoms with E-state index in [9.17, 15) is 9.59 Å². The van der Waals surface area contributed by atoms with Crippen LogP contribution in [-0.4, -0.2) is 29.1 Å². The van der Waals surface area contributed by atoms with Crippen molar-refractivity contribution in [3.8, 4) is 17.4 Å². The van der Waals surface area contributed by atoms with Crippen LogP contribution in [-0.2, 0) is 10.2 Å². The molecule has 2 fully saturated rings. The lowest BCUT2D eigenvalue weighted by molar-refractivity contribution is -0.121. The van der Waals surface area contributed by atoms with Gasteiger partial charge in [-0.3, -0.25) is 4.79 Å². The van der Waals surface area contributed by atoms with Crippen molar-refractivity contribution in [2.45, 2.75) is 51.0 Å². The van der Waals surface area contributed by atoms with Crippen molar-refractivity contribution in [3.63, 3.8) is 0 Å². The third kappa shape index (κ3) is 2.60. The van der Waals surface area contributed by atoms with Gasteiger partial charge in [0.05, 0.1) is 18.5 Å². The molecule has 0 unspecified atom stereocenters. The molecule has 2 aliphatic heterocycles. The second-order valence-electron chi connectivity index (χ2n) is 8.37. The molecular weight excluding hydrogens is 370 g/mol. The maximum atomic E-state index is 12.7. The summed E-state index contributed by atoms with van der Waals surface area (Å²) in [6.45, 7) is 6.34. The van der Waals surface area contributed by atoms with Gasteiger partial charge in [0.15, 0.2) is 0 Å². The molecule has 1 N–H and O–H groups in total. The Kier molecular flexibility index (Phi) is 3.69. The van der Waals surface area contributed by atoms with E-state index in [1.54, 1.807) is 19.1 Å². The van der Waals surface area contributed by atoms with Gasteiger partial charge in [-0.25, -0.2) is 14.7 Å². The third-order valence-electron chi connectivity index (χ3n) is 6.35. The average molecular weight is 393 g/mol. The van der Waals surface area contributed by atoms with Crippen molar-refractivity contribution in [2.24, 2.45) is 0 Å². The summed E-state index contributed by atoms with van der Waals surface area (Å²) in [7, 11) is 0. The fraction of sp³-hybridized carbons (Fsp3) is 0.409. The zero-order chi connectivity index (χ0) is 20.4. The monoisotopic (exact) mass is 393 g/mol. The van der Waals surface area contributed by atoms with E-state index in [2.05, 4.69) is 10.3 Å². The molecule has 7 heteroatoms. The summed E-state index contributed by atoms with van der Waals surface area (Å²) in [6, 6.07) is 6.88. The number of nitrogens with one attached hydrogen (secondary N) is 1. The highest BCUT2D eigenvalue weighted by molar-refractivity contribution is 6.23. The van der Waals surface area contributed by atoms with Crippen LogP contribution in [0.15, 0.2) is 30.5 Å². The maximum Gasteiger partial charge on any atom is 0.329 e. The van der Waals surface area contributed by atoms with Crippen LogP contribution >= 0.6 is 0 Å². The molecule has 1 aliphatic carbocycles. The standard InChI is InChI=1S/C22H23N3O4/c1-4-21(3)19(26)25(20(27)24-21)14-6-8-16(23-11-14)29-15-7-5-13(2)18-17(15)22(9-10-22)12-28-18/h5-8,11H,4,9-10,12H2,1-3H3,(H,24,27)/t21-/m1/s1. The molecule has 1 atom stereocenters. The van der Waals surface area contributed by atoms with Gasteiger partial charge in [-0.2, -0.15) is 0 Å². The molecule has 3 heterocycles. The Hall–Kier alpha value is -3.09. The number of amides is 3. The van der Waals surface area contributed by atoms with Crippen LogP contribution in [0.25, 0.3) is 0 Å². The van der Waals surface area contributed by atoms with E-state index < -0.39 is 11.6 Å². The molecule has 1 saturated heterocycles. The number of anilines is 1. The smallest absolute Gasteiger partial charge is 0.329 e. The first-order chi connectivity index (χ1) is 13.9. The number of nitrogens with zero attached hydrogens (tertiary/aromatic N) is 2. The highest BCUT2D eigenvalue weighted by Crippen LogP contribution is 2.59. The lowest BCUT2D eigenvalue weighted by Crippen LogP contribution is -2.43. The molecule has 0 bridgehead atoms. The summed E-state index contributed by atoms with van der Waals surface area (Å²) < 4.78 is 12.0. The number of urea groups is 1. The number of aromatic nitrogens is 1. The zero-order valence-electron chi connectivity index (χ0n) is 16.7. The molecule has 3 amide bonds. The number of hydrogen-bond acceptors (Lipinski definition) is 5. The van der Waals surface area contributed by atoms with Crippen molar-refractivity contribution < 1.29 is 19.1 Å². The minimum Gasteiger partial charge on any atom is -0.492 e. The van der Waals surface area contributed by atoms with Gasteiger partial charge in [0.1, 0.15) is 17.0 Å². The van der Waals surface area contributed by atoms with E-state index in [1.807, 2.05) is 26.0 Å². The number of carbonyl (C=O) groups excluding carboxylic acids is 2. The highest BCUT2D eigenvalue weighted by atomic mass is 16.5. The Balaban J connectivity index is 1.41. The molecule has 5 rings (SSSR count). The summed E-state index contributed by atoms with van der Waals surface area (Å²) in [6.07, 6.45) is 4.22. The molecule has 1 saturated carbocycles. The Labute approximate surface area is 169 Å². The Morgan fingerprint density at radius 3 is 2.66 bits per heavy atom. The normalized spacial score (nSPS) is 23.8. The van der Waals surface area contributed by atoms with Crippen LogP contribution in [0, 0.1) is 6.92 Å². The van der Waals surface area contributed by atoms with Crippen LogP contribution < -0.4 is 19.7 Å². The molecule has 29 heavy (non-hydrogen) atoms. The number of aryl methyl sites for hydroxylation is 1. The topological polar surface area (TPSA) is 80.8 Å². The number of pyridine rings is 1. The minimum atomic E-state index is -0.882. The van der Waals surface area contributed by atoms with E-state index >= 15 is 0 Å². The minimum absolute atomic E-state index is 0.0846. The Morgan fingerprint density at radius 1 is 1.24 bits per heavy atom. The average Bonchev–Trinajstić information content (AvgIpc) is 3.32. The van der Waals surface area contributed by atoms with E-state index in [0.717, 1.165) is 40.4 Å². The number of rotatable bonds is 4. The molecule has 7 nitrogen and oxygen atoms in total. The van der Waals surface area contributed by atoms with Crippen molar-refractivity contribution >= 4 is 17.6 Å². The number of carbonyl (C=O) groups is 2. The first-order valence-corrected chi connectivity index (χ1v) is 9.94. The predicted octanol–water partition coefficient (Wildman–Crippen LogP) is 3.83. The van der Waals surface area contributed by atoms with Gasteiger partial charge >= 0.3 is 6.03 Å². The van der Waals surface area contributed by atoms with E-state index in [-0.39, 0.29) is 11.3 Å². The van der Waals surface area contributed by atoms with Crippen LogP contribution in [0.1, 0.15) is 44.2 Å². The summed E-state index contributed by atoms with van der Waals surface area (Å²) >= 11 is 0. The van der Waals surface area contributed by atoms with Crippen LogP contribution in [0.3, 0.4) is 0 Å². The van der Waals surface area contributed by atoms with Crippen molar-refractivity contribution in [1.82, 2.24) is 10.3 Å². The fourth-order valence-corrected chi connectivity index (χ4v) is 4.11. The van der Waals surface area contributed by atoms with Crippen molar-refractivity contribution in [1.29, 1.82) is 0 Å². The number of imide groups is 1. The lowest BCUT2D eigenvalue weighted by atomic mass is 9.95. The molecule has 1 aromatic heterocycles. The van der Waals surface area contributed by atoms with E-state index in [0.29, 0.717) is 24.6 Å². The summed E-state index contributed by atoms with van der Waals surface area (Å²) in [5, 5.41) is 2.75. The molecular formula is C22H23N3O4. The second kappa shape index (κ2) is 5.95. The Bertz CT molecular complexity index is 1030. The van der Waals surface area contributed by atoms with Gasteiger partial charge in [-0.1, -0.05) is 13.0 Å². The van der Waals surface area contributed by atoms with Gasteiger partial charge in [-0.15, -0.1) is 0 Å². The first-order valence-electron chi connectivity index (χ1n) is 9.94. The van der Waals surface area contributed by atoms with Gasteiger partial charge < -0.3 is 14.8 Å². The maximum absolute atomic E-state index is 12.7. The molecule has 150 valence electrons. The second-order valence-corrected chi connectivity index (χ2v) is 8.37. The van der Waals surface area contributed by atoms with Gasteiger partial charge in [-0.05, 0) is 50.8 Å². The van der Waals surface area contributed by atoms with E-state index in [4.69, 9.17) is 9.47 Å². The highest BCUT2D eigenvalue weighted by Gasteiger charge is 2.53. The van der Waals surface area contributed by atoms with Crippen molar-refractivity contribution in [2.75, 3.05) is 11.5 Å². The fourth-order valence-electron chi connectivity index (χ4n) is 4.11. The van der Waals surface area contributed by atoms with Crippen LogP contribution in [0.4, 0.5) is 10.5 Å². The first kappa shape index (κ1) is 18.0. The third-order valence-corrected chi connectivity index (χ3v) is 6.35. The summed E-state index contributed by atoms with van der Waals surface area (Å²) in [4.78, 5) is 30.4. The Morgan fingerprint density at radius 2 is 2.03 bits per heavy atom. The SMILES string of the molecule is CC[C@@]1(C)NC(=O)N(c2ccc(Oc3ccc(C)c4c3C3(CC3)CO4)nc2)C1=O. The van der Waals surface area contributed by atoms with E-state index in [1.165, 1.54) is 6.20 Å². The number of ether oxygens (including phenoxy) is 2. The largest absolute Gasteiger partial charge is 0.492 e. The van der Waals surface area contributed by atoms with Crippen LogP contribution in [0.2, 0.25) is 0 Å². The lowest BCUT2D eigenvalue weighted by Gasteiger charge is -2.19. The summed E-state index contributed by atoms with van der Waals surface area (Å²) in [5.41, 5.74) is 1.87.